The van der Waals surface area contributed by atoms with Gasteiger partial charge in [-0.15, -0.1) is 11.6 Å². The fraction of sp³-hybridized carbons (Fsp3) is 0.727. The smallest absolute Gasteiger partial charge is 0.246 e. The Labute approximate surface area is 113 Å². The minimum atomic E-state index is -3.38. The van der Waals surface area contributed by atoms with Crippen molar-refractivity contribution in [1.82, 2.24) is 14.1 Å². The molecule has 1 aliphatic heterocycles. The van der Waals surface area contributed by atoms with E-state index in [-0.39, 0.29) is 4.90 Å². The van der Waals surface area contributed by atoms with Gasteiger partial charge in [-0.1, -0.05) is 6.92 Å². The quantitative estimate of drug-likeness (QED) is 0.791. The number of piperidine rings is 1. The van der Waals surface area contributed by atoms with E-state index in [2.05, 4.69) is 12.0 Å². The fourth-order valence-electron chi connectivity index (χ4n) is 2.06. The zero-order valence-electron chi connectivity index (χ0n) is 10.4. The molecule has 1 aromatic heterocycles. The molecule has 0 atom stereocenters. The highest BCUT2D eigenvalue weighted by molar-refractivity contribution is 7.89. The molecule has 102 valence electrons. The van der Waals surface area contributed by atoms with Crippen LogP contribution in [0.2, 0.25) is 0 Å². The van der Waals surface area contributed by atoms with Crippen LogP contribution in [0.5, 0.6) is 0 Å². The third-order valence-electron chi connectivity index (χ3n) is 3.30. The summed E-state index contributed by atoms with van der Waals surface area (Å²) >= 11 is 5.60. The minimum Gasteiger partial charge on any atom is -0.270 e. The first-order valence-corrected chi connectivity index (χ1v) is 8.10. The molecule has 7 heteroatoms. The largest absolute Gasteiger partial charge is 0.270 e. The van der Waals surface area contributed by atoms with Crippen LogP contribution in [-0.4, -0.2) is 41.5 Å². The normalized spacial score (nSPS) is 19.2. The highest BCUT2D eigenvalue weighted by atomic mass is 35.5. The molecule has 0 radical (unpaired) electrons. The van der Waals surface area contributed by atoms with Gasteiger partial charge in [-0.2, -0.15) is 9.40 Å². The summed E-state index contributed by atoms with van der Waals surface area (Å²) in [5, 5.41) is 4.01. The van der Waals surface area contributed by atoms with Crippen LogP contribution < -0.4 is 0 Å². The van der Waals surface area contributed by atoms with Crippen molar-refractivity contribution in [3.05, 3.63) is 12.4 Å². The SMILES string of the molecule is CC1CCN(S(=O)(=O)c2cnn(CCCl)c2)CC1. The minimum absolute atomic E-state index is 0.266. The molecule has 1 aliphatic rings. The molecule has 1 saturated heterocycles. The van der Waals surface area contributed by atoms with E-state index in [1.54, 1.807) is 15.2 Å². The maximum atomic E-state index is 12.4. The number of halogens is 1. The number of aromatic nitrogens is 2. The molecule has 0 amide bonds. The molecule has 0 aromatic carbocycles. The zero-order chi connectivity index (χ0) is 13.2. The lowest BCUT2D eigenvalue weighted by molar-refractivity contribution is 0.288. The summed E-state index contributed by atoms with van der Waals surface area (Å²) < 4.78 is 27.8. The Morgan fingerprint density at radius 2 is 2.11 bits per heavy atom. The van der Waals surface area contributed by atoms with Crippen molar-refractivity contribution in [1.29, 1.82) is 0 Å². The standard InChI is InChI=1S/C11H18ClN3O2S/c1-10-2-5-15(6-3-10)18(16,17)11-8-13-14(9-11)7-4-12/h8-10H,2-7H2,1H3. The van der Waals surface area contributed by atoms with Gasteiger partial charge >= 0.3 is 0 Å². The van der Waals surface area contributed by atoms with Crippen molar-refractivity contribution in [3.63, 3.8) is 0 Å². The molecule has 18 heavy (non-hydrogen) atoms. The molecule has 2 heterocycles. The van der Waals surface area contributed by atoms with Crippen LogP contribution >= 0.6 is 11.6 Å². The maximum absolute atomic E-state index is 12.4. The Morgan fingerprint density at radius 1 is 1.44 bits per heavy atom. The van der Waals surface area contributed by atoms with Crippen LogP contribution in [0.3, 0.4) is 0 Å². The summed E-state index contributed by atoms with van der Waals surface area (Å²) in [5.74, 6) is 1.03. The average Bonchev–Trinajstić information content (AvgIpc) is 2.79. The summed E-state index contributed by atoms with van der Waals surface area (Å²) in [6, 6.07) is 0. The number of aryl methyl sites for hydroxylation is 1. The average molecular weight is 292 g/mol. The number of sulfonamides is 1. The van der Waals surface area contributed by atoms with Crippen LogP contribution in [-0.2, 0) is 16.6 Å². The van der Waals surface area contributed by atoms with E-state index in [9.17, 15) is 8.42 Å². The highest BCUT2D eigenvalue weighted by Crippen LogP contribution is 2.22. The van der Waals surface area contributed by atoms with E-state index in [1.807, 2.05) is 0 Å². The van der Waals surface area contributed by atoms with Crippen molar-refractivity contribution >= 4 is 21.6 Å². The molecule has 1 fully saturated rings. The Bertz CT molecular complexity index is 492. The molecule has 0 N–H and O–H groups in total. The molecule has 5 nitrogen and oxygen atoms in total. The Kier molecular flexibility index (Phi) is 4.29. The third-order valence-corrected chi connectivity index (χ3v) is 5.32. The number of nitrogens with zero attached hydrogens (tertiary/aromatic N) is 3. The second kappa shape index (κ2) is 5.59. The summed E-state index contributed by atoms with van der Waals surface area (Å²) in [6.45, 7) is 3.88. The number of hydrogen-bond donors (Lipinski definition) is 0. The van der Waals surface area contributed by atoms with Crippen molar-refractivity contribution in [2.45, 2.75) is 31.2 Å². The summed E-state index contributed by atoms with van der Waals surface area (Å²) in [5.41, 5.74) is 0. The zero-order valence-corrected chi connectivity index (χ0v) is 12.0. The van der Waals surface area contributed by atoms with E-state index < -0.39 is 10.0 Å². The molecule has 0 spiro atoms. The Hall–Kier alpha value is -0.590. The summed E-state index contributed by atoms with van der Waals surface area (Å²) in [7, 11) is -3.38. The molecule has 0 bridgehead atoms. The number of hydrogen-bond acceptors (Lipinski definition) is 3. The lowest BCUT2D eigenvalue weighted by Gasteiger charge is -2.28. The lowest BCUT2D eigenvalue weighted by atomic mass is 10.0. The predicted molar refractivity (Wildman–Crippen MR) is 70.1 cm³/mol. The van der Waals surface area contributed by atoms with Crippen molar-refractivity contribution < 1.29 is 8.42 Å². The lowest BCUT2D eigenvalue weighted by Crippen LogP contribution is -2.37. The van der Waals surface area contributed by atoms with Gasteiger partial charge in [0, 0.05) is 25.2 Å². The highest BCUT2D eigenvalue weighted by Gasteiger charge is 2.28. The van der Waals surface area contributed by atoms with Gasteiger partial charge < -0.3 is 0 Å². The molecular formula is C11H18ClN3O2S. The van der Waals surface area contributed by atoms with Crippen LogP contribution in [0.1, 0.15) is 19.8 Å². The van der Waals surface area contributed by atoms with Crippen LogP contribution in [0.15, 0.2) is 17.3 Å². The van der Waals surface area contributed by atoms with E-state index in [0.29, 0.717) is 31.4 Å². The van der Waals surface area contributed by atoms with Gasteiger partial charge in [0.1, 0.15) is 4.90 Å². The van der Waals surface area contributed by atoms with Crippen molar-refractivity contribution in [2.75, 3.05) is 19.0 Å². The van der Waals surface area contributed by atoms with E-state index in [4.69, 9.17) is 11.6 Å². The first-order chi connectivity index (χ1) is 8.54. The molecule has 2 rings (SSSR count). The second-order valence-corrected chi connectivity index (χ2v) is 7.03. The van der Waals surface area contributed by atoms with Gasteiger partial charge in [-0.05, 0) is 18.8 Å². The number of alkyl halides is 1. The monoisotopic (exact) mass is 291 g/mol. The summed E-state index contributed by atoms with van der Waals surface area (Å²) in [4.78, 5) is 0.266. The van der Waals surface area contributed by atoms with Gasteiger partial charge in [-0.3, -0.25) is 4.68 Å². The van der Waals surface area contributed by atoms with Crippen molar-refractivity contribution in [3.8, 4) is 0 Å². The third kappa shape index (κ3) is 2.87. The van der Waals surface area contributed by atoms with Gasteiger partial charge in [0.15, 0.2) is 0 Å². The fourth-order valence-corrected chi connectivity index (χ4v) is 3.66. The molecule has 0 unspecified atom stereocenters. The molecule has 0 aliphatic carbocycles. The molecule has 1 aromatic rings. The van der Waals surface area contributed by atoms with Crippen LogP contribution in [0.25, 0.3) is 0 Å². The Balaban J connectivity index is 2.14. The van der Waals surface area contributed by atoms with Gasteiger partial charge in [-0.25, -0.2) is 8.42 Å². The second-order valence-electron chi connectivity index (χ2n) is 4.71. The number of rotatable bonds is 4. The maximum Gasteiger partial charge on any atom is 0.246 e. The molecular weight excluding hydrogens is 274 g/mol. The van der Waals surface area contributed by atoms with Crippen LogP contribution in [0, 0.1) is 5.92 Å². The van der Waals surface area contributed by atoms with Gasteiger partial charge in [0.25, 0.3) is 0 Å². The Morgan fingerprint density at radius 3 is 2.72 bits per heavy atom. The topological polar surface area (TPSA) is 55.2 Å². The predicted octanol–water partition coefficient (Wildman–Crippen LogP) is 1.54. The van der Waals surface area contributed by atoms with Crippen LogP contribution in [0.4, 0.5) is 0 Å². The van der Waals surface area contributed by atoms with E-state index in [1.165, 1.54) is 6.20 Å². The van der Waals surface area contributed by atoms with E-state index in [0.717, 1.165) is 12.8 Å². The van der Waals surface area contributed by atoms with E-state index >= 15 is 0 Å². The van der Waals surface area contributed by atoms with Gasteiger partial charge in [0.2, 0.25) is 10.0 Å². The van der Waals surface area contributed by atoms with Gasteiger partial charge in [0.05, 0.1) is 12.7 Å². The first kappa shape index (κ1) is 13.8. The first-order valence-electron chi connectivity index (χ1n) is 6.12. The van der Waals surface area contributed by atoms with Crippen molar-refractivity contribution in [2.24, 2.45) is 5.92 Å². The summed E-state index contributed by atoms with van der Waals surface area (Å²) in [6.07, 6.45) is 4.81. The molecule has 0 saturated carbocycles.